The summed E-state index contributed by atoms with van der Waals surface area (Å²) in [7, 11) is -3.70. The standard InChI is InChI=1S/C13H18N2O4S/c1-9-5-10(2)7-11(6-9)20(18,19)15-4-3-13(14,8-15)12(16)17/h5-7H,3-4,8,14H2,1-2H3,(H,16,17). The smallest absolute Gasteiger partial charge is 0.325 e. The molecule has 1 aliphatic rings. The van der Waals surface area contributed by atoms with Gasteiger partial charge in [-0.3, -0.25) is 4.79 Å². The van der Waals surface area contributed by atoms with E-state index in [4.69, 9.17) is 10.8 Å². The SMILES string of the molecule is Cc1cc(C)cc(S(=O)(=O)N2CCC(N)(C(=O)O)C2)c1. The van der Waals surface area contributed by atoms with E-state index in [9.17, 15) is 13.2 Å². The van der Waals surface area contributed by atoms with Gasteiger partial charge < -0.3 is 10.8 Å². The van der Waals surface area contributed by atoms with E-state index in [2.05, 4.69) is 0 Å². The molecule has 0 saturated carbocycles. The van der Waals surface area contributed by atoms with Gasteiger partial charge in [0.25, 0.3) is 0 Å². The zero-order valence-electron chi connectivity index (χ0n) is 11.5. The third kappa shape index (κ3) is 2.56. The van der Waals surface area contributed by atoms with E-state index in [1.165, 1.54) is 0 Å². The van der Waals surface area contributed by atoms with Crippen LogP contribution in [0, 0.1) is 13.8 Å². The quantitative estimate of drug-likeness (QED) is 0.845. The summed E-state index contributed by atoms with van der Waals surface area (Å²) in [6.07, 6.45) is 0.117. The Morgan fingerprint density at radius 2 is 1.85 bits per heavy atom. The molecule has 0 amide bonds. The fourth-order valence-electron chi connectivity index (χ4n) is 2.41. The molecule has 1 aromatic rings. The monoisotopic (exact) mass is 298 g/mol. The topological polar surface area (TPSA) is 101 Å². The van der Waals surface area contributed by atoms with Crippen molar-refractivity contribution in [2.45, 2.75) is 30.7 Å². The summed E-state index contributed by atoms with van der Waals surface area (Å²) >= 11 is 0. The number of carbonyl (C=O) groups is 1. The molecule has 20 heavy (non-hydrogen) atoms. The van der Waals surface area contributed by atoms with Crippen LogP contribution in [0.2, 0.25) is 0 Å². The summed E-state index contributed by atoms with van der Waals surface area (Å²) in [5.74, 6) is -1.17. The molecule has 1 aromatic carbocycles. The van der Waals surface area contributed by atoms with E-state index >= 15 is 0 Å². The molecule has 7 heteroatoms. The Morgan fingerprint density at radius 3 is 2.30 bits per heavy atom. The summed E-state index contributed by atoms with van der Waals surface area (Å²) in [6.45, 7) is 3.57. The number of carboxylic acids is 1. The van der Waals surface area contributed by atoms with Crippen LogP contribution in [-0.4, -0.2) is 42.4 Å². The molecule has 1 unspecified atom stereocenters. The van der Waals surface area contributed by atoms with Crippen LogP contribution in [0.15, 0.2) is 23.1 Å². The maximum Gasteiger partial charge on any atom is 0.325 e. The Balaban J connectivity index is 2.35. The summed E-state index contributed by atoms with van der Waals surface area (Å²) in [5, 5.41) is 9.07. The minimum atomic E-state index is -3.70. The lowest BCUT2D eigenvalue weighted by atomic mass is 10.0. The van der Waals surface area contributed by atoms with Gasteiger partial charge in [0.15, 0.2) is 0 Å². The lowest BCUT2D eigenvalue weighted by Crippen LogP contribution is -2.50. The normalized spacial score (nSPS) is 23.9. The fourth-order valence-corrected chi connectivity index (χ4v) is 4.11. The Labute approximate surface area is 118 Å². The number of nitrogens with zero attached hydrogens (tertiary/aromatic N) is 1. The van der Waals surface area contributed by atoms with Crippen molar-refractivity contribution < 1.29 is 18.3 Å². The van der Waals surface area contributed by atoms with Gasteiger partial charge in [0.05, 0.1) is 4.90 Å². The minimum absolute atomic E-state index is 0.117. The Hall–Kier alpha value is -1.44. The van der Waals surface area contributed by atoms with Crippen LogP contribution in [0.25, 0.3) is 0 Å². The van der Waals surface area contributed by atoms with Crippen LogP contribution in [0.3, 0.4) is 0 Å². The van der Waals surface area contributed by atoms with Gasteiger partial charge >= 0.3 is 5.97 Å². The number of hydrogen-bond donors (Lipinski definition) is 2. The fraction of sp³-hybridized carbons (Fsp3) is 0.462. The van der Waals surface area contributed by atoms with Crippen molar-refractivity contribution in [3.63, 3.8) is 0 Å². The molecule has 0 aliphatic carbocycles. The second-order valence-electron chi connectivity index (χ2n) is 5.37. The molecule has 1 atom stereocenters. The molecular weight excluding hydrogens is 280 g/mol. The second kappa shape index (κ2) is 4.83. The highest BCUT2D eigenvalue weighted by atomic mass is 32.2. The van der Waals surface area contributed by atoms with Crippen LogP contribution in [0.1, 0.15) is 17.5 Å². The van der Waals surface area contributed by atoms with Crippen molar-refractivity contribution in [3.05, 3.63) is 29.3 Å². The van der Waals surface area contributed by atoms with Crippen molar-refractivity contribution in [1.29, 1.82) is 0 Å². The Kier molecular flexibility index (Phi) is 3.62. The highest BCUT2D eigenvalue weighted by molar-refractivity contribution is 7.89. The number of rotatable bonds is 3. The van der Waals surface area contributed by atoms with E-state index < -0.39 is 21.5 Å². The van der Waals surface area contributed by atoms with Crippen LogP contribution >= 0.6 is 0 Å². The lowest BCUT2D eigenvalue weighted by Gasteiger charge is -2.20. The van der Waals surface area contributed by atoms with E-state index in [0.717, 1.165) is 15.4 Å². The van der Waals surface area contributed by atoms with Crippen molar-refractivity contribution in [2.24, 2.45) is 5.73 Å². The Morgan fingerprint density at radius 1 is 1.30 bits per heavy atom. The molecule has 1 heterocycles. The molecule has 3 N–H and O–H groups in total. The number of sulfonamides is 1. The van der Waals surface area contributed by atoms with Gasteiger partial charge in [-0.25, -0.2) is 8.42 Å². The van der Waals surface area contributed by atoms with Gasteiger partial charge in [0.2, 0.25) is 10.0 Å². The van der Waals surface area contributed by atoms with Crippen LogP contribution in [-0.2, 0) is 14.8 Å². The molecule has 0 radical (unpaired) electrons. The number of hydrogen-bond acceptors (Lipinski definition) is 4. The number of nitrogens with two attached hydrogens (primary N) is 1. The zero-order chi connectivity index (χ0) is 15.1. The van der Waals surface area contributed by atoms with Gasteiger partial charge in [-0.2, -0.15) is 4.31 Å². The second-order valence-corrected chi connectivity index (χ2v) is 7.31. The van der Waals surface area contributed by atoms with Crippen molar-refractivity contribution >= 4 is 16.0 Å². The third-order valence-electron chi connectivity index (χ3n) is 3.52. The summed E-state index contributed by atoms with van der Waals surface area (Å²) in [5.41, 5.74) is 5.92. The van der Waals surface area contributed by atoms with Gasteiger partial charge in [-0.1, -0.05) is 6.07 Å². The van der Waals surface area contributed by atoms with Crippen LogP contribution < -0.4 is 5.73 Å². The minimum Gasteiger partial charge on any atom is -0.480 e. The predicted molar refractivity (Wildman–Crippen MR) is 73.8 cm³/mol. The summed E-state index contributed by atoms with van der Waals surface area (Å²) in [6, 6.07) is 5.05. The third-order valence-corrected chi connectivity index (χ3v) is 5.35. The highest BCUT2D eigenvalue weighted by Crippen LogP contribution is 2.27. The van der Waals surface area contributed by atoms with Crippen molar-refractivity contribution in [3.8, 4) is 0 Å². The van der Waals surface area contributed by atoms with E-state index in [-0.39, 0.29) is 24.4 Å². The number of aliphatic carboxylic acids is 1. The first-order valence-corrected chi connectivity index (χ1v) is 7.70. The summed E-state index contributed by atoms with van der Waals surface area (Å²) < 4.78 is 26.2. The maximum absolute atomic E-state index is 12.5. The molecule has 110 valence electrons. The molecule has 2 rings (SSSR count). The molecule has 0 spiro atoms. The highest BCUT2D eigenvalue weighted by Gasteiger charge is 2.45. The number of aryl methyl sites for hydroxylation is 2. The van der Waals surface area contributed by atoms with E-state index in [1.54, 1.807) is 12.1 Å². The molecule has 0 bridgehead atoms. The average molecular weight is 298 g/mol. The first-order valence-electron chi connectivity index (χ1n) is 6.26. The van der Waals surface area contributed by atoms with E-state index in [1.807, 2.05) is 19.9 Å². The molecule has 1 aliphatic heterocycles. The Bertz CT molecular complexity index is 636. The van der Waals surface area contributed by atoms with Crippen LogP contribution in [0.4, 0.5) is 0 Å². The zero-order valence-corrected chi connectivity index (χ0v) is 12.3. The molecule has 0 aromatic heterocycles. The molecule has 6 nitrogen and oxygen atoms in total. The summed E-state index contributed by atoms with van der Waals surface area (Å²) in [4.78, 5) is 11.3. The number of carboxylic acid groups (broad SMARTS) is 1. The van der Waals surface area contributed by atoms with Crippen molar-refractivity contribution in [2.75, 3.05) is 13.1 Å². The number of benzene rings is 1. The molecule has 1 fully saturated rings. The largest absolute Gasteiger partial charge is 0.480 e. The first-order chi connectivity index (χ1) is 9.15. The van der Waals surface area contributed by atoms with Gasteiger partial charge in [-0.15, -0.1) is 0 Å². The van der Waals surface area contributed by atoms with Crippen molar-refractivity contribution in [1.82, 2.24) is 4.31 Å². The first kappa shape index (κ1) is 15.0. The van der Waals surface area contributed by atoms with E-state index in [0.29, 0.717) is 0 Å². The predicted octanol–water partition coefficient (Wildman–Crippen LogP) is 0.480. The van der Waals surface area contributed by atoms with Gasteiger partial charge in [0.1, 0.15) is 5.54 Å². The lowest BCUT2D eigenvalue weighted by molar-refractivity contribution is -0.142. The average Bonchev–Trinajstić information content (AvgIpc) is 2.73. The molecular formula is C13H18N2O4S. The maximum atomic E-state index is 12.5. The van der Waals surface area contributed by atoms with Gasteiger partial charge in [-0.05, 0) is 43.5 Å². The van der Waals surface area contributed by atoms with Crippen LogP contribution in [0.5, 0.6) is 0 Å². The van der Waals surface area contributed by atoms with Gasteiger partial charge in [0, 0.05) is 13.1 Å². The molecule has 1 saturated heterocycles.